The normalized spacial score (nSPS) is 25.3. The molecule has 2 aliphatic rings. The zero-order chi connectivity index (χ0) is 19.2. The number of piperidine rings is 1. The lowest BCUT2D eigenvalue weighted by atomic mass is 9.97. The van der Waals surface area contributed by atoms with Crippen LogP contribution in [0.25, 0.3) is 0 Å². The maximum absolute atomic E-state index is 12.5. The van der Waals surface area contributed by atoms with Crippen molar-refractivity contribution >= 4 is 11.8 Å². The van der Waals surface area contributed by atoms with Crippen LogP contribution in [-0.4, -0.2) is 54.7 Å². The summed E-state index contributed by atoms with van der Waals surface area (Å²) >= 11 is 0. The molecule has 0 spiro atoms. The lowest BCUT2D eigenvalue weighted by Gasteiger charge is -2.38. The van der Waals surface area contributed by atoms with Crippen LogP contribution in [0.3, 0.4) is 0 Å². The second-order valence-corrected chi connectivity index (χ2v) is 7.59. The molecule has 2 aliphatic heterocycles. The van der Waals surface area contributed by atoms with E-state index in [1.54, 1.807) is 24.3 Å². The van der Waals surface area contributed by atoms with E-state index < -0.39 is 0 Å². The van der Waals surface area contributed by atoms with Crippen molar-refractivity contribution in [1.82, 2.24) is 10.2 Å². The van der Waals surface area contributed by atoms with E-state index in [1.165, 1.54) is 6.42 Å². The lowest BCUT2D eigenvalue weighted by Crippen LogP contribution is -2.49. The lowest BCUT2D eigenvalue weighted by molar-refractivity contribution is -0.139. The van der Waals surface area contributed by atoms with Gasteiger partial charge in [-0.25, -0.2) is 0 Å². The van der Waals surface area contributed by atoms with Crippen molar-refractivity contribution in [2.24, 2.45) is 0 Å². The molecule has 0 radical (unpaired) electrons. The Kier molecular flexibility index (Phi) is 6.72. The van der Waals surface area contributed by atoms with Crippen LogP contribution < -0.4 is 10.1 Å². The monoisotopic (exact) mass is 374 g/mol. The molecule has 3 atom stereocenters. The summed E-state index contributed by atoms with van der Waals surface area (Å²) in [5, 5.41) is 2.90. The molecule has 0 aromatic heterocycles. The molecule has 3 rings (SSSR count). The Morgan fingerprint density at radius 2 is 1.81 bits per heavy atom. The molecule has 1 aromatic rings. The van der Waals surface area contributed by atoms with E-state index in [0.29, 0.717) is 17.9 Å². The van der Waals surface area contributed by atoms with Gasteiger partial charge < -0.3 is 19.7 Å². The van der Waals surface area contributed by atoms with Gasteiger partial charge in [0.25, 0.3) is 11.8 Å². The zero-order valence-electron chi connectivity index (χ0n) is 16.3. The standard InChI is InChI=1S/C21H30N2O4/c1-15-5-3-6-16(2)23(15)20(24)14-27-18-10-8-17(9-11-18)21(25)22-13-19-7-4-12-26-19/h8-11,15-16,19H,3-7,12-14H2,1-2H3,(H,22,25)/t15-,16-,19-/m1/s1. The quantitative estimate of drug-likeness (QED) is 0.831. The minimum atomic E-state index is -0.121. The Morgan fingerprint density at radius 1 is 1.11 bits per heavy atom. The van der Waals surface area contributed by atoms with Gasteiger partial charge in [0, 0.05) is 30.8 Å². The summed E-state index contributed by atoms with van der Waals surface area (Å²) in [5.74, 6) is 0.494. The van der Waals surface area contributed by atoms with Crippen LogP contribution in [-0.2, 0) is 9.53 Å². The van der Waals surface area contributed by atoms with Crippen molar-refractivity contribution in [3.8, 4) is 5.75 Å². The number of rotatable bonds is 6. The van der Waals surface area contributed by atoms with E-state index in [9.17, 15) is 9.59 Å². The average molecular weight is 374 g/mol. The third-order valence-electron chi connectivity index (χ3n) is 5.47. The Labute approximate surface area is 161 Å². The number of nitrogens with one attached hydrogen (secondary N) is 1. The topological polar surface area (TPSA) is 67.9 Å². The largest absolute Gasteiger partial charge is 0.484 e. The number of hydrogen-bond donors (Lipinski definition) is 1. The van der Waals surface area contributed by atoms with Crippen molar-refractivity contribution < 1.29 is 19.1 Å². The van der Waals surface area contributed by atoms with Gasteiger partial charge in [0.05, 0.1) is 6.10 Å². The van der Waals surface area contributed by atoms with E-state index >= 15 is 0 Å². The number of benzene rings is 1. The van der Waals surface area contributed by atoms with Crippen LogP contribution >= 0.6 is 0 Å². The number of ether oxygens (including phenoxy) is 2. The van der Waals surface area contributed by atoms with Crippen molar-refractivity contribution in [3.05, 3.63) is 29.8 Å². The van der Waals surface area contributed by atoms with Gasteiger partial charge in [-0.15, -0.1) is 0 Å². The van der Waals surface area contributed by atoms with Gasteiger partial charge in [-0.1, -0.05) is 0 Å². The maximum Gasteiger partial charge on any atom is 0.260 e. The maximum atomic E-state index is 12.5. The Balaban J connectivity index is 1.47. The van der Waals surface area contributed by atoms with E-state index in [1.807, 2.05) is 4.90 Å². The summed E-state index contributed by atoms with van der Waals surface area (Å²) in [6, 6.07) is 7.43. The van der Waals surface area contributed by atoms with Gasteiger partial charge >= 0.3 is 0 Å². The molecular formula is C21H30N2O4. The summed E-state index contributed by atoms with van der Waals surface area (Å²) < 4.78 is 11.2. The van der Waals surface area contributed by atoms with Gasteiger partial charge in [0.15, 0.2) is 6.61 Å². The second kappa shape index (κ2) is 9.22. The first kappa shape index (κ1) is 19.7. The highest BCUT2D eigenvalue weighted by Gasteiger charge is 2.29. The van der Waals surface area contributed by atoms with E-state index in [4.69, 9.17) is 9.47 Å². The Bertz CT molecular complexity index is 630. The highest BCUT2D eigenvalue weighted by Crippen LogP contribution is 2.23. The fraction of sp³-hybridized carbons (Fsp3) is 0.619. The number of carbonyl (C=O) groups is 2. The van der Waals surface area contributed by atoms with Crippen LogP contribution in [0.15, 0.2) is 24.3 Å². The molecule has 148 valence electrons. The number of nitrogens with zero attached hydrogens (tertiary/aromatic N) is 1. The number of carbonyl (C=O) groups excluding carboxylic acids is 2. The van der Waals surface area contributed by atoms with Gasteiger partial charge in [0.1, 0.15) is 5.75 Å². The smallest absolute Gasteiger partial charge is 0.260 e. The molecule has 2 fully saturated rings. The van der Waals surface area contributed by atoms with E-state index in [0.717, 1.165) is 32.3 Å². The van der Waals surface area contributed by atoms with Gasteiger partial charge in [-0.2, -0.15) is 0 Å². The summed E-state index contributed by atoms with van der Waals surface area (Å²) in [5.41, 5.74) is 0.574. The zero-order valence-corrected chi connectivity index (χ0v) is 16.3. The first-order valence-corrected chi connectivity index (χ1v) is 9.98. The fourth-order valence-electron chi connectivity index (χ4n) is 3.95. The molecule has 2 amide bonds. The summed E-state index contributed by atoms with van der Waals surface area (Å²) in [6.45, 7) is 5.53. The van der Waals surface area contributed by atoms with Crippen LogP contribution in [0.1, 0.15) is 56.3 Å². The average Bonchev–Trinajstić information content (AvgIpc) is 3.18. The van der Waals surface area contributed by atoms with Crippen molar-refractivity contribution in [2.45, 2.75) is 64.1 Å². The molecule has 6 heteroatoms. The molecule has 27 heavy (non-hydrogen) atoms. The number of amides is 2. The first-order chi connectivity index (χ1) is 13.0. The molecule has 2 saturated heterocycles. The molecule has 1 N–H and O–H groups in total. The van der Waals surface area contributed by atoms with Crippen LogP contribution in [0.5, 0.6) is 5.75 Å². The molecule has 0 aliphatic carbocycles. The third kappa shape index (κ3) is 5.22. The minimum Gasteiger partial charge on any atom is -0.484 e. The predicted molar refractivity (Wildman–Crippen MR) is 103 cm³/mol. The third-order valence-corrected chi connectivity index (χ3v) is 5.47. The molecule has 0 bridgehead atoms. The molecular weight excluding hydrogens is 344 g/mol. The highest BCUT2D eigenvalue weighted by atomic mass is 16.5. The Hall–Kier alpha value is -2.08. The van der Waals surface area contributed by atoms with Gasteiger partial charge in [0.2, 0.25) is 0 Å². The fourth-order valence-corrected chi connectivity index (χ4v) is 3.95. The van der Waals surface area contributed by atoms with E-state index in [-0.39, 0.29) is 36.6 Å². The summed E-state index contributed by atoms with van der Waals surface area (Å²) in [4.78, 5) is 26.6. The van der Waals surface area contributed by atoms with Crippen LogP contribution in [0, 0.1) is 0 Å². The number of likely N-dealkylation sites (tertiary alicyclic amines) is 1. The van der Waals surface area contributed by atoms with Crippen LogP contribution in [0.2, 0.25) is 0 Å². The van der Waals surface area contributed by atoms with Gasteiger partial charge in [-0.3, -0.25) is 9.59 Å². The highest BCUT2D eigenvalue weighted by molar-refractivity contribution is 5.94. The van der Waals surface area contributed by atoms with Crippen LogP contribution in [0.4, 0.5) is 0 Å². The SMILES string of the molecule is C[C@@H]1CCC[C@@H](C)N1C(=O)COc1ccc(C(=O)NC[C@H]2CCCO2)cc1. The Morgan fingerprint density at radius 3 is 2.44 bits per heavy atom. The molecule has 6 nitrogen and oxygen atoms in total. The molecule has 1 aromatic carbocycles. The number of hydrogen-bond acceptors (Lipinski definition) is 4. The molecule has 2 heterocycles. The minimum absolute atomic E-state index is 0.0214. The van der Waals surface area contributed by atoms with Crippen molar-refractivity contribution in [2.75, 3.05) is 19.8 Å². The summed E-state index contributed by atoms with van der Waals surface area (Å²) in [7, 11) is 0. The van der Waals surface area contributed by atoms with Crippen molar-refractivity contribution in [1.29, 1.82) is 0 Å². The molecule has 0 saturated carbocycles. The summed E-state index contributed by atoms with van der Waals surface area (Å²) in [6.07, 6.45) is 5.44. The second-order valence-electron chi connectivity index (χ2n) is 7.59. The van der Waals surface area contributed by atoms with Crippen molar-refractivity contribution in [3.63, 3.8) is 0 Å². The van der Waals surface area contributed by atoms with Gasteiger partial charge in [-0.05, 0) is 70.2 Å². The van der Waals surface area contributed by atoms with E-state index in [2.05, 4.69) is 19.2 Å². The molecule has 0 unspecified atom stereocenters. The predicted octanol–water partition coefficient (Wildman–Crippen LogP) is 2.76. The first-order valence-electron chi connectivity index (χ1n) is 9.98.